The molecule has 0 aliphatic carbocycles. The van der Waals surface area contributed by atoms with Crippen LogP contribution in [0.15, 0.2) is 59.5 Å². The molecule has 33 heavy (non-hydrogen) atoms. The van der Waals surface area contributed by atoms with Gasteiger partial charge in [0, 0.05) is 19.0 Å². The number of fused-ring (bicyclic) bond motifs is 1. The van der Waals surface area contributed by atoms with E-state index in [2.05, 4.69) is 10.6 Å². The van der Waals surface area contributed by atoms with E-state index in [-0.39, 0.29) is 28.9 Å². The number of piperazine rings is 1. The third-order valence-electron chi connectivity index (χ3n) is 5.97. The topological polar surface area (TPSA) is 133 Å². The minimum atomic E-state index is -3.76. The standard InChI is InChI=1S/C23H25N3O6S/c27-17-8-6-15(7-9-17)12-19-23(30)26-11-10-16(13-20(26)22(29)25-19)24-21(28)14-33(31,32)18-4-2-1-3-5-18/h1-9,16,19-20,27H,10-14H2,(H,24,28)(H,25,29). The second kappa shape index (κ2) is 9.22. The SMILES string of the molecule is O=C(CS(=O)(=O)c1ccccc1)NC1CCN2C(=O)C(Cc3ccc(O)cc3)NC(=O)C2C1. The molecule has 3 unspecified atom stereocenters. The van der Waals surface area contributed by atoms with Crippen molar-refractivity contribution < 1.29 is 27.9 Å². The molecule has 4 rings (SSSR count). The van der Waals surface area contributed by atoms with Crippen LogP contribution >= 0.6 is 0 Å². The number of phenolic OH excluding ortho intramolecular Hbond substituents is 1. The van der Waals surface area contributed by atoms with E-state index >= 15 is 0 Å². The number of nitrogens with one attached hydrogen (secondary N) is 2. The van der Waals surface area contributed by atoms with Crippen molar-refractivity contribution in [3.63, 3.8) is 0 Å². The zero-order valence-electron chi connectivity index (χ0n) is 17.8. The fraction of sp³-hybridized carbons (Fsp3) is 0.348. The van der Waals surface area contributed by atoms with Crippen LogP contribution in [-0.4, -0.2) is 66.6 Å². The third-order valence-corrected chi connectivity index (χ3v) is 7.60. The molecule has 3 N–H and O–H groups in total. The van der Waals surface area contributed by atoms with Crippen molar-refractivity contribution >= 4 is 27.6 Å². The number of amides is 3. The first-order valence-corrected chi connectivity index (χ1v) is 12.3. The largest absolute Gasteiger partial charge is 0.508 e. The average molecular weight is 472 g/mol. The van der Waals surface area contributed by atoms with E-state index in [1.54, 1.807) is 30.3 Å². The van der Waals surface area contributed by atoms with Crippen molar-refractivity contribution in [1.82, 2.24) is 15.5 Å². The maximum atomic E-state index is 12.9. The second-order valence-corrected chi connectivity index (χ2v) is 10.3. The molecule has 0 aromatic heterocycles. The molecule has 2 aromatic rings. The number of rotatable bonds is 6. The highest BCUT2D eigenvalue weighted by Gasteiger charge is 2.44. The van der Waals surface area contributed by atoms with E-state index in [9.17, 15) is 27.9 Å². The lowest BCUT2D eigenvalue weighted by Crippen LogP contribution is -2.67. The lowest BCUT2D eigenvalue weighted by molar-refractivity contribution is -0.151. The smallest absolute Gasteiger partial charge is 0.246 e. The Morgan fingerprint density at radius 2 is 1.79 bits per heavy atom. The van der Waals surface area contributed by atoms with Gasteiger partial charge < -0.3 is 20.6 Å². The lowest BCUT2D eigenvalue weighted by atomic mass is 9.91. The summed E-state index contributed by atoms with van der Waals surface area (Å²) < 4.78 is 24.8. The zero-order chi connectivity index (χ0) is 23.6. The second-order valence-electron chi connectivity index (χ2n) is 8.34. The highest BCUT2D eigenvalue weighted by atomic mass is 32.2. The van der Waals surface area contributed by atoms with Gasteiger partial charge in [0.2, 0.25) is 17.7 Å². The van der Waals surface area contributed by atoms with E-state index in [4.69, 9.17) is 0 Å². The van der Waals surface area contributed by atoms with Gasteiger partial charge in [-0.05, 0) is 42.7 Å². The number of hydrogen-bond acceptors (Lipinski definition) is 6. The van der Waals surface area contributed by atoms with Crippen LogP contribution < -0.4 is 10.6 Å². The minimum absolute atomic E-state index is 0.0758. The van der Waals surface area contributed by atoms with Gasteiger partial charge in [0.15, 0.2) is 9.84 Å². The minimum Gasteiger partial charge on any atom is -0.508 e. The molecule has 10 heteroatoms. The van der Waals surface area contributed by atoms with Crippen molar-refractivity contribution in [3.8, 4) is 5.75 Å². The van der Waals surface area contributed by atoms with E-state index in [0.717, 1.165) is 5.56 Å². The molecule has 3 atom stereocenters. The summed E-state index contributed by atoms with van der Waals surface area (Å²) in [5.74, 6) is -1.68. The van der Waals surface area contributed by atoms with Gasteiger partial charge in [-0.3, -0.25) is 14.4 Å². The summed E-state index contributed by atoms with van der Waals surface area (Å²) in [5, 5.41) is 14.9. The molecular weight excluding hydrogens is 446 g/mol. The van der Waals surface area contributed by atoms with Crippen LogP contribution in [0.2, 0.25) is 0 Å². The number of carbonyl (C=O) groups excluding carboxylic acids is 3. The molecule has 174 valence electrons. The summed E-state index contributed by atoms with van der Waals surface area (Å²) in [6.07, 6.45) is 0.963. The Bertz CT molecular complexity index is 1150. The van der Waals surface area contributed by atoms with Gasteiger partial charge in [-0.15, -0.1) is 0 Å². The van der Waals surface area contributed by atoms with E-state index in [0.29, 0.717) is 19.4 Å². The van der Waals surface area contributed by atoms with Crippen LogP contribution in [0.3, 0.4) is 0 Å². The first-order valence-electron chi connectivity index (χ1n) is 10.7. The van der Waals surface area contributed by atoms with Crippen molar-refractivity contribution in [2.24, 2.45) is 0 Å². The fourth-order valence-electron chi connectivity index (χ4n) is 4.30. The highest BCUT2D eigenvalue weighted by molar-refractivity contribution is 7.92. The number of benzene rings is 2. The molecule has 0 saturated carbocycles. The first kappa shape index (κ1) is 22.8. The van der Waals surface area contributed by atoms with Crippen molar-refractivity contribution in [3.05, 3.63) is 60.2 Å². The molecule has 2 saturated heterocycles. The van der Waals surface area contributed by atoms with E-state index < -0.39 is 39.6 Å². The maximum Gasteiger partial charge on any atom is 0.246 e. The summed E-state index contributed by atoms with van der Waals surface area (Å²) in [6.45, 7) is 0.291. The van der Waals surface area contributed by atoms with Gasteiger partial charge in [-0.25, -0.2) is 8.42 Å². The predicted octanol–water partition coefficient (Wildman–Crippen LogP) is 0.383. The predicted molar refractivity (Wildman–Crippen MR) is 119 cm³/mol. The van der Waals surface area contributed by atoms with Gasteiger partial charge in [-0.2, -0.15) is 0 Å². The molecule has 2 aliphatic heterocycles. The Labute approximate surface area is 191 Å². The van der Waals surface area contributed by atoms with Crippen LogP contribution in [0, 0.1) is 0 Å². The summed E-state index contributed by atoms with van der Waals surface area (Å²) in [5.41, 5.74) is 0.812. The Hall–Kier alpha value is -3.40. The zero-order valence-corrected chi connectivity index (χ0v) is 18.6. The van der Waals surface area contributed by atoms with Crippen LogP contribution in [0.5, 0.6) is 5.75 Å². The van der Waals surface area contributed by atoms with Crippen LogP contribution in [0.25, 0.3) is 0 Å². The summed E-state index contributed by atoms with van der Waals surface area (Å²) in [7, 11) is -3.76. The maximum absolute atomic E-state index is 12.9. The number of hydrogen-bond donors (Lipinski definition) is 3. The van der Waals surface area contributed by atoms with Gasteiger partial charge >= 0.3 is 0 Å². The fourth-order valence-corrected chi connectivity index (χ4v) is 5.46. The highest BCUT2D eigenvalue weighted by Crippen LogP contribution is 2.24. The molecule has 0 bridgehead atoms. The summed E-state index contributed by atoms with van der Waals surface area (Å²) in [6, 6.07) is 12.4. The Morgan fingerprint density at radius 3 is 2.48 bits per heavy atom. The molecular formula is C23H25N3O6S. The molecule has 2 aromatic carbocycles. The van der Waals surface area contributed by atoms with Gasteiger partial charge in [0.05, 0.1) is 4.90 Å². The Morgan fingerprint density at radius 1 is 1.09 bits per heavy atom. The molecule has 3 amide bonds. The molecule has 9 nitrogen and oxygen atoms in total. The number of piperidine rings is 1. The third kappa shape index (κ3) is 5.16. The van der Waals surface area contributed by atoms with Crippen molar-refractivity contribution in [2.75, 3.05) is 12.3 Å². The number of nitrogens with zero attached hydrogens (tertiary/aromatic N) is 1. The molecule has 2 fully saturated rings. The van der Waals surface area contributed by atoms with Crippen LogP contribution in [0.4, 0.5) is 0 Å². The van der Waals surface area contributed by atoms with Gasteiger partial charge in [-0.1, -0.05) is 30.3 Å². The summed E-state index contributed by atoms with van der Waals surface area (Å²) in [4.78, 5) is 39.7. The van der Waals surface area contributed by atoms with E-state index in [1.165, 1.54) is 29.2 Å². The Kier molecular flexibility index (Phi) is 6.37. The van der Waals surface area contributed by atoms with Crippen LogP contribution in [0.1, 0.15) is 18.4 Å². The summed E-state index contributed by atoms with van der Waals surface area (Å²) >= 11 is 0. The monoisotopic (exact) mass is 471 g/mol. The van der Waals surface area contributed by atoms with Crippen molar-refractivity contribution in [1.29, 1.82) is 0 Å². The van der Waals surface area contributed by atoms with Crippen LogP contribution in [-0.2, 0) is 30.6 Å². The molecule has 2 aliphatic rings. The molecule has 2 heterocycles. The number of phenols is 1. The average Bonchev–Trinajstić information content (AvgIpc) is 2.79. The number of aromatic hydroxyl groups is 1. The lowest BCUT2D eigenvalue weighted by Gasteiger charge is -2.44. The van der Waals surface area contributed by atoms with Gasteiger partial charge in [0.25, 0.3) is 0 Å². The number of sulfone groups is 1. The molecule has 0 radical (unpaired) electrons. The first-order chi connectivity index (χ1) is 15.7. The quantitative estimate of drug-likeness (QED) is 0.558. The molecule has 0 spiro atoms. The van der Waals surface area contributed by atoms with Gasteiger partial charge in [0.1, 0.15) is 23.6 Å². The van der Waals surface area contributed by atoms with E-state index in [1.807, 2.05) is 0 Å². The van der Waals surface area contributed by atoms with Crippen molar-refractivity contribution in [2.45, 2.75) is 42.3 Å². The number of carbonyl (C=O) groups is 3. The normalized spacial score (nSPS) is 22.9. The Balaban J connectivity index is 1.35.